The van der Waals surface area contributed by atoms with Crippen LogP contribution in [0.3, 0.4) is 0 Å². The number of nitrogens with zero attached hydrogens (tertiary/aromatic N) is 1. The average Bonchev–Trinajstić information content (AvgIpc) is 2.69. The van der Waals surface area contributed by atoms with Crippen LogP contribution in [-0.4, -0.2) is 25.0 Å². The van der Waals surface area contributed by atoms with Gasteiger partial charge in [0.1, 0.15) is 0 Å². The number of rotatable bonds is 5. The lowest BCUT2D eigenvalue weighted by molar-refractivity contribution is -0.919. The fourth-order valence-corrected chi connectivity index (χ4v) is 3.70. The second-order valence-electron chi connectivity index (χ2n) is 7.19. The molecule has 0 aromatic heterocycles. The minimum atomic E-state index is -0.0664. The van der Waals surface area contributed by atoms with Gasteiger partial charge in [0.05, 0.1) is 24.7 Å². The second-order valence-corrected chi connectivity index (χ2v) is 7.19. The monoisotopic (exact) mass is 348 g/mol. The van der Waals surface area contributed by atoms with E-state index in [2.05, 4.69) is 41.7 Å². The number of hydrogen-bond donors (Lipinski definition) is 2. The van der Waals surface area contributed by atoms with Crippen molar-refractivity contribution in [3.05, 3.63) is 65.7 Å². The summed E-state index contributed by atoms with van der Waals surface area (Å²) in [5, 5.41) is 11.8. The Morgan fingerprint density at radius 2 is 1.81 bits per heavy atom. The molecule has 134 valence electrons. The molecule has 1 atom stereocenters. The van der Waals surface area contributed by atoms with Gasteiger partial charge in [-0.3, -0.25) is 4.79 Å². The van der Waals surface area contributed by atoms with Gasteiger partial charge < -0.3 is 10.2 Å². The van der Waals surface area contributed by atoms with E-state index in [1.807, 2.05) is 6.92 Å². The number of nitrogens with one attached hydrogen (secondary N) is 2. The third-order valence-electron chi connectivity index (χ3n) is 5.40. The molecule has 1 aliphatic rings. The van der Waals surface area contributed by atoms with Gasteiger partial charge in [0.2, 0.25) is 0 Å². The summed E-state index contributed by atoms with van der Waals surface area (Å²) in [5.41, 5.74) is 2.76. The number of piperidine rings is 1. The maximum atomic E-state index is 12.5. The Morgan fingerprint density at radius 3 is 2.42 bits per heavy atom. The topological polar surface area (TPSA) is 57.3 Å². The van der Waals surface area contributed by atoms with Crippen LogP contribution in [0.5, 0.6) is 0 Å². The van der Waals surface area contributed by atoms with E-state index in [4.69, 9.17) is 5.26 Å². The average molecular weight is 348 g/mol. The molecule has 1 heterocycles. The highest BCUT2D eigenvalue weighted by Gasteiger charge is 2.30. The predicted molar refractivity (Wildman–Crippen MR) is 103 cm³/mol. The quantitative estimate of drug-likeness (QED) is 0.872. The highest BCUT2D eigenvalue weighted by molar-refractivity contribution is 5.93. The summed E-state index contributed by atoms with van der Waals surface area (Å²) in [6.45, 7) is 4.09. The Kier molecular flexibility index (Phi) is 6.04. The number of likely N-dealkylation sites (tertiary alicyclic amines) is 1. The number of amides is 1. The molecule has 4 nitrogen and oxygen atoms in total. The zero-order valence-electron chi connectivity index (χ0n) is 15.2. The van der Waals surface area contributed by atoms with Crippen LogP contribution in [-0.2, 0) is 11.2 Å². The zero-order valence-corrected chi connectivity index (χ0v) is 15.2. The zero-order chi connectivity index (χ0) is 18.4. The molecule has 1 amide bonds. The van der Waals surface area contributed by atoms with Gasteiger partial charge >= 0.3 is 0 Å². The van der Waals surface area contributed by atoms with Crippen molar-refractivity contribution < 1.29 is 9.69 Å². The molecule has 1 fully saturated rings. The number of hydrogen-bond acceptors (Lipinski definition) is 2. The van der Waals surface area contributed by atoms with Gasteiger partial charge in [-0.2, -0.15) is 5.26 Å². The smallest absolute Gasteiger partial charge is 0.282 e. The van der Waals surface area contributed by atoms with Gasteiger partial charge in [0.25, 0.3) is 5.91 Å². The lowest BCUT2D eigenvalue weighted by Gasteiger charge is -2.32. The molecule has 0 saturated carbocycles. The highest BCUT2D eigenvalue weighted by Crippen LogP contribution is 2.17. The Balaban J connectivity index is 1.48. The normalized spacial score (nSPS) is 20.8. The standard InChI is InChI=1S/C22H25N3O/c1-17(22(26)24-21-9-7-20(16-23)8-10-21)25-13-11-19(12-14-25)15-18-5-3-2-4-6-18/h2-10,17,19H,11-15H2,1H3,(H,24,26)/p+1/t17-/m1/s1. The van der Waals surface area contributed by atoms with E-state index in [1.165, 1.54) is 23.3 Å². The lowest BCUT2D eigenvalue weighted by Crippen LogP contribution is -3.17. The number of benzene rings is 2. The second kappa shape index (κ2) is 8.64. The first-order valence-electron chi connectivity index (χ1n) is 9.35. The molecule has 0 spiro atoms. The van der Waals surface area contributed by atoms with Crippen LogP contribution in [0.4, 0.5) is 5.69 Å². The fraction of sp³-hybridized carbons (Fsp3) is 0.364. The Morgan fingerprint density at radius 1 is 1.15 bits per heavy atom. The molecule has 1 saturated heterocycles. The van der Waals surface area contributed by atoms with Crippen LogP contribution in [0.25, 0.3) is 0 Å². The van der Waals surface area contributed by atoms with E-state index in [1.54, 1.807) is 24.3 Å². The molecule has 0 aliphatic carbocycles. The van der Waals surface area contributed by atoms with Gasteiger partial charge in [-0.25, -0.2) is 0 Å². The molecule has 0 radical (unpaired) electrons. The number of carbonyl (C=O) groups excluding carboxylic acids is 1. The van der Waals surface area contributed by atoms with Crippen molar-refractivity contribution in [2.45, 2.75) is 32.2 Å². The molecule has 0 bridgehead atoms. The van der Waals surface area contributed by atoms with Crippen molar-refractivity contribution in [3.8, 4) is 6.07 Å². The summed E-state index contributed by atoms with van der Waals surface area (Å²) >= 11 is 0. The van der Waals surface area contributed by atoms with E-state index in [-0.39, 0.29) is 11.9 Å². The Bertz CT molecular complexity index is 756. The maximum Gasteiger partial charge on any atom is 0.282 e. The summed E-state index contributed by atoms with van der Waals surface area (Å²) in [5.74, 6) is 0.765. The van der Waals surface area contributed by atoms with Crippen LogP contribution in [0.2, 0.25) is 0 Å². The van der Waals surface area contributed by atoms with Crippen LogP contribution in [0.1, 0.15) is 30.9 Å². The molecule has 3 rings (SSSR count). The minimum absolute atomic E-state index is 0.0474. The molecule has 2 aromatic rings. The third kappa shape index (κ3) is 4.71. The van der Waals surface area contributed by atoms with Crippen LogP contribution >= 0.6 is 0 Å². The highest BCUT2D eigenvalue weighted by atomic mass is 16.2. The first kappa shape index (κ1) is 18.2. The first-order chi connectivity index (χ1) is 12.7. The largest absolute Gasteiger partial charge is 0.325 e. The van der Waals surface area contributed by atoms with Crippen molar-refractivity contribution in [3.63, 3.8) is 0 Å². The lowest BCUT2D eigenvalue weighted by atomic mass is 9.89. The Labute approximate surface area is 155 Å². The summed E-state index contributed by atoms with van der Waals surface area (Å²) in [7, 11) is 0. The molecule has 4 heteroatoms. The molecule has 2 aromatic carbocycles. The summed E-state index contributed by atoms with van der Waals surface area (Å²) in [4.78, 5) is 13.9. The maximum absolute atomic E-state index is 12.5. The number of quaternary nitrogens is 1. The number of carbonyl (C=O) groups is 1. The van der Waals surface area contributed by atoms with Crippen molar-refractivity contribution >= 4 is 11.6 Å². The molecule has 1 aliphatic heterocycles. The van der Waals surface area contributed by atoms with Crippen LogP contribution in [0.15, 0.2) is 54.6 Å². The first-order valence-corrected chi connectivity index (χ1v) is 9.35. The van der Waals surface area contributed by atoms with E-state index in [9.17, 15) is 4.79 Å². The van der Waals surface area contributed by atoms with E-state index >= 15 is 0 Å². The number of nitriles is 1. The van der Waals surface area contributed by atoms with Gasteiger partial charge in [0.15, 0.2) is 6.04 Å². The third-order valence-corrected chi connectivity index (χ3v) is 5.40. The summed E-state index contributed by atoms with van der Waals surface area (Å²) in [6, 6.07) is 19.7. The summed E-state index contributed by atoms with van der Waals surface area (Å²) in [6.07, 6.45) is 3.47. The van der Waals surface area contributed by atoms with E-state index < -0.39 is 0 Å². The van der Waals surface area contributed by atoms with Crippen molar-refractivity contribution in [1.29, 1.82) is 5.26 Å². The van der Waals surface area contributed by atoms with Crippen LogP contribution in [0, 0.1) is 17.2 Å². The molecule has 26 heavy (non-hydrogen) atoms. The van der Waals surface area contributed by atoms with Gasteiger partial charge in [0, 0.05) is 5.69 Å². The van der Waals surface area contributed by atoms with Gasteiger partial charge in [-0.1, -0.05) is 30.3 Å². The Hall–Kier alpha value is -2.64. The van der Waals surface area contributed by atoms with E-state index in [0.717, 1.165) is 31.1 Å². The molecule has 2 N–H and O–H groups in total. The summed E-state index contributed by atoms with van der Waals surface area (Å²) < 4.78 is 0. The molecule has 0 unspecified atom stereocenters. The minimum Gasteiger partial charge on any atom is -0.325 e. The molecular formula is C22H26N3O+. The fourth-order valence-electron chi connectivity index (χ4n) is 3.70. The number of anilines is 1. The van der Waals surface area contributed by atoms with Gasteiger partial charge in [-0.05, 0) is 61.9 Å². The van der Waals surface area contributed by atoms with Crippen molar-refractivity contribution in [2.75, 3.05) is 18.4 Å². The molecular weight excluding hydrogens is 322 g/mol. The predicted octanol–water partition coefficient (Wildman–Crippen LogP) is 2.42. The van der Waals surface area contributed by atoms with E-state index in [0.29, 0.717) is 5.56 Å². The van der Waals surface area contributed by atoms with Crippen molar-refractivity contribution in [2.24, 2.45) is 5.92 Å². The SMILES string of the molecule is C[C@H](C(=O)Nc1ccc(C#N)cc1)[NH+]1CCC(Cc2ccccc2)CC1. The van der Waals surface area contributed by atoms with Crippen LogP contribution < -0.4 is 10.2 Å². The van der Waals surface area contributed by atoms with Gasteiger partial charge in [-0.15, -0.1) is 0 Å². The van der Waals surface area contributed by atoms with Crippen molar-refractivity contribution in [1.82, 2.24) is 0 Å².